The van der Waals surface area contributed by atoms with Crippen LogP contribution < -0.4 is 15.0 Å². The lowest BCUT2D eigenvalue weighted by Crippen LogP contribution is -2.16. The summed E-state index contributed by atoms with van der Waals surface area (Å²) >= 11 is 7.72. The Labute approximate surface area is 175 Å². The smallest absolute Gasteiger partial charge is 0.278 e. The summed E-state index contributed by atoms with van der Waals surface area (Å²) < 4.78 is 12.2. The van der Waals surface area contributed by atoms with Crippen LogP contribution in [0.5, 0.6) is 11.5 Å². The van der Waals surface area contributed by atoms with Gasteiger partial charge in [-0.2, -0.15) is 0 Å². The third kappa shape index (κ3) is 3.62. The fraction of sp³-hybridized carbons (Fsp3) is 0.0952. The number of hydrogen-bond acceptors (Lipinski definition) is 6. The van der Waals surface area contributed by atoms with Crippen LogP contribution in [0.3, 0.4) is 0 Å². The maximum absolute atomic E-state index is 13.0. The molecule has 146 valence electrons. The summed E-state index contributed by atoms with van der Waals surface area (Å²) in [5.74, 6) is 1.19. The van der Waals surface area contributed by atoms with Crippen molar-refractivity contribution in [3.05, 3.63) is 74.7 Å². The first-order chi connectivity index (χ1) is 14.1. The summed E-state index contributed by atoms with van der Waals surface area (Å²) in [5.41, 5.74) is 2.47. The molecule has 8 heteroatoms. The summed E-state index contributed by atoms with van der Waals surface area (Å²) in [6.07, 6.45) is 6.95. The molecule has 0 amide bonds. The number of nitrogens with zero attached hydrogens (tertiary/aromatic N) is 3. The molecule has 0 aliphatic rings. The molecule has 4 aromatic rings. The van der Waals surface area contributed by atoms with E-state index in [1.807, 2.05) is 35.7 Å². The Hall–Kier alpha value is -3.16. The lowest BCUT2D eigenvalue weighted by Gasteiger charge is -2.09. The van der Waals surface area contributed by atoms with Crippen LogP contribution in [0.15, 0.2) is 52.9 Å². The molecule has 0 aliphatic carbocycles. The standard InChI is InChI=1S/C21H16ClN3O3S/c1-27-17-8-6-14(10-18(17)28-2)16-12-29-21-24-15(19(22)20(26)25(16)21)7-5-13-4-3-9-23-11-13/h3-12H,1-2H3/b7-5+. The topological polar surface area (TPSA) is 65.7 Å². The number of ether oxygens (including phenoxy) is 2. The van der Waals surface area contributed by atoms with E-state index in [1.54, 1.807) is 38.8 Å². The van der Waals surface area contributed by atoms with E-state index in [-0.39, 0.29) is 10.6 Å². The summed E-state index contributed by atoms with van der Waals surface area (Å²) in [4.78, 5) is 22.2. The molecule has 0 fully saturated rings. The van der Waals surface area contributed by atoms with E-state index in [2.05, 4.69) is 9.97 Å². The molecule has 0 unspecified atom stereocenters. The van der Waals surface area contributed by atoms with Gasteiger partial charge in [0.25, 0.3) is 5.56 Å². The number of fused-ring (bicyclic) bond motifs is 1. The lowest BCUT2D eigenvalue weighted by atomic mass is 10.1. The highest BCUT2D eigenvalue weighted by molar-refractivity contribution is 7.15. The number of thiazole rings is 1. The van der Waals surface area contributed by atoms with E-state index in [1.165, 1.54) is 15.7 Å². The van der Waals surface area contributed by atoms with Crippen molar-refractivity contribution >= 4 is 40.1 Å². The first-order valence-corrected chi connectivity index (χ1v) is 9.88. The number of methoxy groups -OCH3 is 2. The van der Waals surface area contributed by atoms with Gasteiger partial charge in [0, 0.05) is 23.3 Å². The van der Waals surface area contributed by atoms with Gasteiger partial charge in [0.2, 0.25) is 0 Å². The largest absolute Gasteiger partial charge is 0.493 e. The van der Waals surface area contributed by atoms with Crippen molar-refractivity contribution in [1.82, 2.24) is 14.4 Å². The van der Waals surface area contributed by atoms with Gasteiger partial charge in [-0.15, -0.1) is 11.3 Å². The highest BCUT2D eigenvalue weighted by Crippen LogP contribution is 2.33. The van der Waals surface area contributed by atoms with Crippen LogP contribution in [0, 0.1) is 0 Å². The van der Waals surface area contributed by atoms with Gasteiger partial charge in [0.1, 0.15) is 5.02 Å². The monoisotopic (exact) mass is 425 g/mol. The Kier molecular flexibility index (Phi) is 5.33. The molecule has 3 heterocycles. The normalized spacial score (nSPS) is 11.3. The molecule has 0 saturated heterocycles. The van der Waals surface area contributed by atoms with E-state index in [4.69, 9.17) is 21.1 Å². The predicted octanol–water partition coefficient (Wildman–Crippen LogP) is 4.66. The second-order valence-electron chi connectivity index (χ2n) is 6.04. The Morgan fingerprint density at radius 1 is 1.14 bits per heavy atom. The number of aromatic nitrogens is 3. The van der Waals surface area contributed by atoms with Crippen molar-refractivity contribution in [2.75, 3.05) is 14.2 Å². The second kappa shape index (κ2) is 8.06. The van der Waals surface area contributed by atoms with E-state index in [0.717, 1.165) is 11.1 Å². The first kappa shape index (κ1) is 19.2. The summed E-state index contributed by atoms with van der Waals surface area (Å²) in [7, 11) is 3.14. The Morgan fingerprint density at radius 3 is 2.69 bits per heavy atom. The number of rotatable bonds is 5. The fourth-order valence-corrected chi connectivity index (χ4v) is 3.99. The zero-order valence-corrected chi connectivity index (χ0v) is 17.2. The molecule has 29 heavy (non-hydrogen) atoms. The van der Waals surface area contributed by atoms with Crippen LogP contribution in [0.2, 0.25) is 5.02 Å². The zero-order valence-electron chi connectivity index (χ0n) is 15.6. The van der Waals surface area contributed by atoms with Crippen LogP contribution in [0.25, 0.3) is 28.4 Å². The van der Waals surface area contributed by atoms with Gasteiger partial charge in [-0.25, -0.2) is 9.38 Å². The van der Waals surface area contributed by atoms with Gasteiger partial charge in [0.15, 0.2) is 16.5 Å². The number of pyridine rings is 1. The van der Waals surface area contributed by atoms with E-state index < -0.39 is 0 Å². The van der Waals surface area contributed by atoms with Crippen LogP contribution >= 0.6 is 22.9 Å². The minimum atomic E-state index is -0.325. The number of hydrogen-bond donors (Lipinski definition) is 0. The van der Waals surface area contributed by atoms with E-state index in [9.17, 15) is 4.79 Å². The van der Waals surface area contributed by atoms with Gasteiger partial charge in [-0.3, -0.25) is 9.78 Å². The van der Waals surface area contributed by atoms with Gasteiger partial charge in [0.05, 0.1) is 25.6 Å². The van der Waals surface area contributed by atoms with Crippen molar-refractivity contribution in [2.24, 2.45) is 0 Å². The van der Waals surface area contributed by atoms with Crippen molar-refractivity contribution in [3.63, 3.8) is 0 Å². The minimum absolute atomic E-state index is 0.0581. The average Bonchev–Trinajstić information content (AvgIpc) is 3.19. The quantitative estimate of drug-likeness (QED) is 0.465. The van der Waals surface area contributed by atoms with Crippen LogP contribution in [-0.4, -0.2) is 28.6 Å². The van der Waals surface area contributed by atoms with Crippen molar-refractivity contribution in [1.29, 1.82) is 0 Å². The molecule has 1 aromatic carbocycles. The third-order valence-electron chi connectivity index (χ3n) is 4.34. The first-order valence-electron chi connectivity index (χ1n) is 8.62. The van der Waals surface area contributed by atoms with Crippen molar-refractivity contribution in [3.8, 4) is 22.8 Å². The summed E-state index contributed by atoms with van der Waals surface area (Å²) in [6, 6.07) is 9.21. The molecule has 3 aromatic heterocycles. The maximum atomic E-state index is 13.0. The molecular weight excluding hydrogens is 410 g/mol. The van der Waals surface area contributed by atoms with Crippen LogP contribution in [0.1, 0.15) is 11.3 Å². The fourth-order valence-electron chi connectivity index (χ4n) is 2.90. The minimum Gasteiger partial charge on any atom is -0.493 e. The lowest BCUT2D eigenvalue weighted by molar-refractivity contribution is 0.355. The number of halogens is 1. The Morgan fingerprint density at radius 2 is 1.97 bits per heavy atom. The van der Waals surface area contributed by atoms with Crippen molar-refractivity contribution < 1.29 is 9.47 Å². The molecule has 0 N–H and O–H groups in total. The zero-order chi connectivity index (χ0) is 20.4. The second-order valence-corrected chi connectivity index (χ2v) is 7.26. The molecular formula is C21H16ClN3O3S. The van der Waals surface area contributed by atoms with E-state index in [0.29, 0.717) is 27.8 Å². The molecule has 0 saturated carbocycles. The Bertz CT molecular complexity index is 1270. The maximum Gasteiger partial charge on any atom is 0.278 e. The molecule has 0 radical (unpaired) electrons. The molecule has 0 spiro atoms. The molecule has 0 bridgehead atoms. The van der Waals surface area contributed by atoms with E-state index >= 15 is 0 Å². The summed E-state index contributed by atoms with van der Waals surface area (Å²) in [5, 5.41) is 1.93. The van der Waals surface area contributed by atoms with Gasteiger partial charge >= 0.3 is 0 Å². The van der Waals surface area contributed by atoms with Crippen LogP contribution in [0.4, 0.5) is 0 Å². The molecule has 0 aliphatic heterocycles. The summed E-state index contributed by atoms with van der Waals surface area (Å²) in [6.45, 7) is 0. The molecule has 6 nitrogen and oxygen atoms in total. The van der Waals surface area contributed by atoms with Crippen LogP contribution in [-0.2, 0) is 0 Å². The number of benzene rings is 1. The SMILES string of the molecule is COc1ccc(-c2csc3nc(/C=C/c4cccnc4)c(Cl)c(=O)n23)cc1OC. The molecule has 4 rings (SSSR count). The predicted molar refractivity (Wildman–Crippen MR) is 116 cm³/mol. The van der Waals surface area contributed by atoms with Gasteiger partial charge < -0.3 is 9.47 Å². The highest BCUT2D eigenvalue weighted by atomic mass is 35.5. The highest BCUT2D eigenvalue weighted by Gasteiger charge is 2.16. The average molecular weight is 426 g/mol. The Balaban J connectivity index is 1.81. The van der Waals surface area contributed by atoms with Gasteiger partial charge in [-0.05, 0) is 35.9 Å². The third-order valence-corrected chi connectivity index (χ3v) is 5.52. The molecule has 0 atom stereocenters. The van der Waals surface area contributed by atoms with Crippen molar-refractivity contribution in [2.45, 2.75) is 0 Å². The van der Waals surface area contributed by atoms with Gasteiger partial charge in [-0.1, -0.05) is 23.7 Å².